The van der Waals surface area contributed by atoms with Crippen LogP contribution in [0.1, 0.15) is 21.9 Å². The first-order valence-corrected chi connectivity index (χ1v) is 9.58. The number of para-hydroxylation sites is 1. The van der Waals surface area contributed by atoms with Gasteiger partial charge in [0.1, 0.15) is 23.8 Å². The largest absolute Gasteiger partial charge is 0.368 e. The first-order valence-electron chi connectivity index (χ1n) is 9.58. The third-order valence-corrected chi connectivity index (χ3v) is 4.70. The third-order valence-electron chi connectivity index (χ3n) is 4.70. The molecule has 3 heterocycles. The summed E-state index contributed by atoms with van der Waals surface area (Å²) in [5, 5.41) is 10.5. The van der Waals surface area contributed by atoms with Gasteiger partial charge in [-0.3, -0.25) is 9.36 Å². The maximum absolute atomic E-state index is 12.5. The highest BCUT2D eigenvalue weighted by molar-refractivity contribution is 5.95. The Morgan fingerprint density at radius 2 is 1.90 bits per heavy atom. The Balaban J connectivity index is 1.33. The van der Waals surface area contributed by atoms with Gasteiger partial charge in [-0.15, -0.1) is 0 Å². The lowest BCUT2D eigenvalue weighted by Gasteiger charge is -2.09. The molecule has 0 saturated heterocycles. The van der Waals surface area contributed by atoms with Gasteiger partial charge in [0, 0.05) is 31.5 Å². The summed E-state index contributed by atoms with van der Waals surface area (Å²) >= 11 is 0. The number of amides is 1. The van der Waals surface area contributed by atoms with Crippen LogP contribution in [0.4, 0.5) is 5.82 Å². The number of imidazole rings is 1. The first kappa shape index (κ1) is 19.3. The molecular formula is C21H22N8O. The number of hydrogen-bond donors (Lipinski definition) is 2. The summed E-state index contributed by atoms with van der Waals surface area (Å²) in [7, 11) is 0. The molecule has 4 rings (SSSR count). The number of anilines is 1. The third kappa shape index (κ3) is 4.04. The Labute approximate surface area is 173 Å². The number of benzene rings is 1. The van der Waals surface area contributed by atoms with Crippen molar-refractivity contribution in [1.82, 2.24) is 34.6 Å². The van der Waals surface area contributed by atoms with Crippen LogP contribution >= 0.6 is 0 Å². The molecule has 4 aromatic rings. The van der Waals surface area contributed by atoms with Crippen molar-refractivity contribution in [2.24, 2.45) is 0 Å². The standard InChI is InChI=1S/C21H22N8O/c1-15-18(13-27-29(15)17-6-4-3-5-7-17)21(30)24-9-8-23-19-12-20(26-14-25-19)28-11-10-22-16(28)2/h3-7,10-14H,8-9H2,1-2H3,(H,24,30)(H,23,25,26). The summed E-state index contributed by atoms with van der Waals surface area (Å²) in [5.41, 5.74) is 2.27. The second-order valence-corrected chi connectivity index (χ2v) is 6.68. The van der Waals surface area contributed by atoms with Gasteiger partial charge in [0.25, 0.3) is 5.91 Å². The molecule has 0 aliphatic heterocycles. The number of nitrogens with one attached hydrogen (secondary N) is 2. The van der Waals surface area contributed by atoms with Gasteiger partial charge in [0.15, 0.2) is 0 Å². The number of rotatable bonds is 7. The number of carbonyl (C=O) groups excluding carboxylic acids is 1. The summed E-state index contributed by atoms with van der Waals surface area (Å²) in [5.74, 6) is 2.10. The molecule has 0 aliphatic carbocycles. The molecule has 3 aromatic heterocycles. The maximum Gasteiger partial charge on any atom is 0.254 e. The van der Waals surface area contributed by atoms with E-state index in [1.807, 2.05) is 61.0 Å². The van der Waals surface area contributed by atoms with Gasteiger partial charge in [0.2, 0.25) is 0 Å². The fraction of sp³-hybridized carbons (Fsp3) is 0.190. The Bertz CT molecular complexity index is 1150. The van der Waals surface area contributed by atoms with Crippen molar-refractivity contribution >= 4 is 11.7 Å². The van der Waals surface area contributed by atoms with E-state index in [9.17, 15) is 4.79 Å². The van der Waals surface area contributed by atoms with Crippen LogP contribution in [0.5, 0.6) is 0 Å². The molecule has 0 saturated carbocycles. The second-order valence-electron chi connectivity index (χ2n) is 6.68. The van der Waals surface area contributed by atoms with E-state index < -0.39 is 0 Å². The summed E-state index contributed by atoms with van der Waals surface area (Å²) in [6.07, 6.45) is 6.66. The molecule has 0 fully saturated rings. The van der Waals surface area contributed by atoms with E-state index in [0.717, 1.165) is 23.0 Å². The summed E-state index contributed by atoms with van der Waals surface area (Å²) in [6, 6.07) is 11.6. The Kier molecular flexibility index (Phi) is 5.51. The average molecular weight is 402 g/mol. The minimum atomic E-state index is -0.158. The predicted molar refractivity (Wildman–Crippen MR) is 113 cm³/mol. The molecule has 1 amide bonds. The van der Waals surface area contributed by atoms with Crippen LogP contribution in [0.2, 0.25) is 0 Å². The van der Waals surface area contributed by atoms with Gasteiger partial charge in [-0.05, 0) is 26.0 Å². The lowest BCUT2D eigenvalue weighted by molar-refractivity contribution is 0.0954. The van der Waals surface area contributed by atoms with E-state index in [1.54, 1.807) is 17.1 Å². The zero-order chi connectivity index (χ0) is 20.9. The van der Waals surface area contributed by atoms with Crippen molar-refractivity contribution in [2.75, 3.05) is 18.4 Å². The number of aryl methyl sites for hydroxylation is 1. The molecule has 0 unspecified atom stereocenters. The minimum absolute atomic E-state index is 0.158. The van der Waals surface area contributed by atoms with Gasteiger partial charge < -0.3 is 10.6 Å². The van der Waals surface area contributed by atoms with E-state index in [0.29, 0.717) is 24.5 Å². The number of carbonyl (C=O) groups is 1. The molecule has 9 nitrogen and oxygen atoms in total. The monoisotopic (exact) mass is 402 g/mol. The van der Waals surface area contributed by atoms with Gasteiger partial charge in [0.05, 0.1) is 23.1 Å². The van der Waals surface area contributed by atoms with Gasteiger partial charge in [-0.25, -0.2) is 19.6 Å². The Hall–Kier alpha value is -4.01. The van der Waals surface area contributed by atoms with Gasteiger partial charge >= 0.3 is 0 Å². The molecule has 0 spiro atoms. The van der Waals surface area contributed by atoms with E-state index in [2.05, 4.69) is 30.7 Å². The second kappa shape index (κ2) is 8.56. The number of aromatic nitrogens is 6. The minimum Gasteiger partial charge on any atom is -0.368 e. The highest BCUT2D eigenvalue weighted by atomic mass is 16.1. The van der Waals surface area contributed by atoms with Crippen molar-refractivity contribution in [3.8, 4) is 11.5 Å². The van der Waals surface area contributed by atoms with Crippen molar-refractivity contribution in [3.05, 3.63) is 78.4 Å². The highest BCUT2D eigenvalue weighted by Crippen LogP contribution is 2.14. The van der Waals surface area contributed by atoms with E-state index in [4.69, 9.17) is 0 Å². The van der Waals surface area contributed by atoms with Crippen molar-refractivity contribution in [1.29, 1.82) is 0 Å². The molecule has 0 bridgehead atoms. The van der Waals surface area contributed by atoms with Crippen molar-refractivity contribution < 1.29 is 4.79 Å². The zero-order valence-electron chi connectivity index (χ0n) is 16.8. The summed E-state index contributed by atoms with van der Waals surface area (Å²) in [4.78, 5) is 25.2. The molecule has 30 heavy (non-hydrogen) atoms. The normalized spacial score (nSPS) is 10.7. The van der Waals surface area contributed by atoms with Crippen LogP contribution in [0.25, 0.3) is 11.5 Å². The highest BCUT2D eigenvalue weighted by Gasteiger charge is 2.14. The lowest BCUT2D eigenvalue weighted by Crippen LogP contribution is -2.29. The average Bonchev–Trinajstić information content (AvgIpc) is 3.37. The maximum atomic E-state index is 12.5. The van der Waals surface area contributed by atoms with Crippen molar-refractivity contribution in [3.63, 3.8) is 0 Å². The van der Waals surface area contributed by atoms with Crippen LogP contribution in [0.3, 0.4) is 0 Å². The Morgan fingerprint density at radius 1 is 1.07 bits per heavy atom. The SMILES string of the molecule is Cc1nccn1-c1cc(NCCNC(=O)c2cnn(-c3ccccc3)c2C)ncn1. The van der Waals surface area contributed by atoms with Crippen molar-refractivity contribution in [2.45, 2.75) is 13.8 Å². The zero-order valence-corrected chi connectivity index (χ0v) is 16.8. The topological polar surface area (TPSA) is 103 Å². The van der Waals surface area contributed by atoms with Crippen LogP contribution in [-0.2, 0) is 0 Å². The lowest BCUT2D eigenvalue weighted by atomic mass is 10.2. The molecule has 9 heteroatoms. The molecule has 152 valence electrons. The number of nitrogens with zero attached hydrogens (tertiary/aromatic N) is 6. The van der Waals surface area contributed by atoms with E-state index >= 15 is 0 Å². The molecule has 0 aliphatic rings. The van der Waals surface area contributed by atoms with E-state index in [-0.39, 0.29) is 5.91 Å². The smallest absolute Gasteiger partial charge is 0.254 e. The first-order chi connectivity index (χ1) is 14.6. The van der Waals surface area contributed by atoms with Crippen LogP contribution < -0.4 is 10.6 Å². The fourth-order valence-corrected chi connectivity index (χ4v) is 3.12. The summed E-state index contributed by atoms with van der Waals surface area (Å²) in [6.45, 7) is 4.76. The van der Waals surface area contributed by atoms with Crippen LogP contribution in [0, 0.1) is 13.8 Å². The molecule has 2 N–H and O–H groups in total. The van der Waals surface area contributed by atoms with Crippen LogP contribution in [-0.4, -0.2) is 48.3 Å². The van der Waals surface area contributed by atoms with E-state index in [1.165, 1.54) is 6.33 Å². The predicted octanol–water partition coefficient (Wildman–Crippen LogP) is 2.31. The quantitative estimate of drug-likeness (QED) is 0.460. The summed E-state index contributed by atoms with van der Waals surface area (Å²) < 4.78 is 3.63. The van der Waals surface area contributed by atoms with Gasteiger partial charge in [-0.2, -0.15) is 5.10 Å². The number of hydrogen-bond acceptors (Lipinski definition) is 6. The van der Waals surface area contributed by atoms with Gasteiger partial charge in [-0.1, -0.05) is 18.2 Å². The molecule has 1 aromatic carbocycles. The fourth-order valence-electron chi connectivity index (χ4n) is 3.12. The molecular weight excluding hydrogens is 380 g/mol. The molecule has 0 atom stereocenters. The van der Waals surface area contributed by atoms with Crippen LogP contribution in [0.15, 0.2) is 61.3 Å². The molecule has 0 radical (unpaired) electrons. The Morgan fingerprint density at radius 3 is 2.67 bits per heavy atom.